The average Bonchev–Trinajstić information content (AvgIpc) is 3.29. The first-order valence-electron chi connectivity index (χ1n) is 15.7. The topological polar surface area (TPSA) is 57.2 Å². The van der Waals surface area contributed by atoms with E-state index in [1.54, 1.807) is 0 Å². The van der Waals surface area contributed by atoms with Gasteiger partial charge in [-0.3, -0.25) is 4.84 Å². The molecule has 6 nitrogen and oxygen atoms in total. The Balaban J connectivity index is 1.34. The molecule has 0 N–H and O–H groups in total. The van der Waals surface area contributed by atoms with Gasteiger partial charge in [-0.2, -0.15) is 5.06 Å². The first kappa shape index (κ1) is 31.0. The molecule has 0 saturated carbocycles. The van der Waals surface area contributed by atoms with Gasteiger partial charge < -0.3 is 14.2 Å². The molecule has 7 heteroatoms. The van der Waals surface area contributed by atoms with Gasteiger partial charge in [0.05, 0.1) is 33.4 Å². The summed E-state index contributed by atoms with van der Waals surface area (Å²) < 4.78 is 19.4. The van der Waals surface area contributed by atoms with Crippen LogP contribution in [-0.2, 0) is 38.9 Å². The summed E-state index contributed by atoms with van der Waals surface area (Å²) >= 11 is 0. The number of hydrogen-bond acceptors (Lipinski definition) is 5. The van der Waals surface area contributed by atoms with E-state index in [1.807, 2.05) is 72.8 Å². The molecule has 2 bridgehead atoms. The maximum absolute atomic E-state index is 13.7. The van der Waals surface area contributed by atoms with E-state index in [0.29, 0.717) is 13.2 Å². The van der Waals surface area contributed by atoms with Crippen molar-refractivity contribution < 1.29 is 23.8 Å². The van der Waals surface area contributed by atoms with E-state index in [1.165, 1.54) is 10.2 Å². The maximum atomic E-state index is 13.7. The van der Waals surface area contributed by atoms with Crippen molar-refractivity contribution in [2.75, 3.05) is 0 Å². The zero-order valence-electron chi connectivity index (χ0n) is 25.9. The number of carbonyl (C=O) groups is 1. The highest BCUT2D eigenvalue weighted by Gasteiger charge is 2.52. The Hall–Kier alpha value is -4.01. The highest BCUT2D eigenvalue weighted by molar-refractivity contribution is 6.89. The van der Waals surface area contributed by atoms with Crippen molar-refractivity contribution in [3.05, 3.63) is 150 Å². The van der Waals surface area contributed by atoms with Crippen molar-refractivity contribution in [2.24, 2.45) is 5.92 Å². The van der Waals surface area contributed by atoms with Gasteiger partial charge in [0.2, 0.25) is 0 Å². The van der Waals surface area contributed by atoms with Crippen molar-refractivity contribution in [1.29, 1.82) is 0 Å². The summed E-state index contributed by atoms with van der Waals surface area (Å²) in [6.45, 7) is 5.77. The lowest BCUT2D eigenvalue weighted by molar-refractivity contribution is -0.207. The second-order valence-corrected chi connectivity index (χ2v) is 17.2. The Bertz CT molecular complexity index is 1530. The van der Waals surface area contributed by atoms with Gasteiger partial charge in [0.25, 0.3) is 0 Å². The molecule has 1 fully saturated rings. The normalized spacial score (nSPS) is 22.6. The van der Waals surface area contributed by atoms with Gasteiger partial charge in [-0.25, -0.2) is 4.79 Å². The molecule has 45 heavy (non-hydrogen) atoms. The minimum absolute atomic E-state index is 0.107. The number of ether oxygens (including phenoxy) is 3. The van der Waals surface area contributed by atoms with Crippen LogP contribution in [0.2, 0.25) is 19.1 Å². The third kappa shape index (κ3) is 7.63. The molecular weight excluding hydrogens is 579 g/mol. The van der Waals surface area contributed by atoms with Gasteiger partial charge in [0, 0.05) is 5.92 Å². The van der Waals surface area contributed by atoms with Crippen LogP contribution in [0.15, 0.2) is 133 Å². The average molecular weight is 620 g/mol. The number of hydrogen-bond donors (Lipinski definition) is 0. The molecule has 4 aromatic carbocycles. The minimum Gasteiger partial charge on any atom is -0.443 e. The van der Waals surface area contributed by atoms with Crippen molar-refractivity contribution in [2.45, 2.75) is 63.3 Å². The lowest BCUT2D eigenvalue weighted by Crippen LogP contribution is -2.52. The fourth-order valence-corrected chi connectivity index (χ4v) is 9.35. The predicted molar refractivity (Wildman–Crippen MR) is 178 cm³/mol. The van der Waals surface area contributed by atoms with Crippen LogP contribution in [0, 0.1) is 5.92 Å². The van der Waals surface area contributed by atoms with Crippen LogP contribution >= 0.6 is 0 Å². The van der Waals surface area contributed by atoms with Crippen LogP contribution in [0.5, 0.6) is 0 Å². The first-order valence-corrected chi connectivity index (χ1v) is 18.9. The van der Waals surface area contributed by atoms with Gasteiger partial charge in [-0.15, -0.1) is 0 Å². The van der Waals surface area contributed by atoms with Crippen molar-refractivity contribution in [3.8, 4) is 0 Å². The summed E-state index contributed by atoms with van der Waals surface area (Å²) in [6.07, 6.45) is 2.31. The standard InChI is InChI=1S/C38H41NO5Si/c1-45(2,32-21-13-6-14-22-32)28-33-34-23-24-35(44-39(34)38(40)43-27-31-19-11-5-12-20-31)37(42-26-30-17-9-4-10-18-30)36(33)41-25-29-15-7-3-8-16-29/h3-24,33-37H,25-28H2,1-2H3/t33-,34-,35+,36+,37-/m1/s1. The van der Waals surface area contributed by atoms with E-state index >= 15 is 0 Å². The zero-order valence-corrected chi connectivity index (χ0v) is 26.9. The van der Waals surface area contributed by atoms with E-state index in [4.69, 9.17) is 19.0 Å². The highest BCUT2D eigenvalue weighted by atomic mass is 28.3. The summed E-state index contributed by atoms with van der Waals surface area (Å²) in [6, 6.07) is 41.2. The molecule has 7 rings (SSSR count). The largest absolute Gasteiger partial charge is 0.443 e. The second-order valence-electron chi connectivity index (χ2n) is 12.5. The van der Waals surface area contributed by atoms with E-state index in [-0.39, 0.29) is 24.7 Å². The first-order chi connectivity index (χ1) is 22.0. The number of rotatable bonds is 11. The molecule has 4 aromatic rings. The fourth-order valence-electron chi connectivity index (χ4n) is 6.37. The lowest BCUT2D eigenvalue weighted by atomic mass is 9.92. The number of carbonyl (C=O) groups excluding carboxylic acids is 1. The molecule has 1 saturated heterocycles. The van der Waals surface area contributed by atoms with E-state index in [0.717, 1.165) is 22.7 Å². The van der Waals surface area contributed by atoms with Crippen LogP contribution in [0.25, 0.3) is 0 Å². The number of amides is 1. The molecule has 3 aliphatic rings. The number of hydroxylamine groups is 2. The third-order valence-electron chi connectivity index (χ3n) is 8.77. The molecule has 0 aromatic heterocycles. The molecule has 1 amide bonds. The molecule has 0 unspecified atom stereocenters. The fraction of sp³-hybridized carbons (Fsp3) is 0.289. The Labute approximate surface area is 267 Å². The van der Waals surface area contributed by atoms with Gasteiger partial charge in [-0.1, -0.05) is 152 Å². The van der Waals surface area contributed by atoms with Gasteiger partial charge in [0.15, 0.2) is 0 Å². The third-order valence-corrected chi connectivity index (χ3v) is 12.2. The highest BCUT2D eigenvalue weighted by Crippen LogP contribution is 2.40. The number of nitrogens with zero attached hydrogens (tertiary/aromatic N) is 1. The van der Waals surface area contributed by atoms with Gasteiger partial charge >= 0.3 is 6.09 Å². The van der Waals surface area contributed by atoms with Gasteiger partial charge in [-0.05, 0) is 22.7 Å². The molecule has 5 atom stereocenters. The van der Waals surface area contributed by atoms with Crippen molar-refractivity contribution in [1.82, 2.24) is 5.06 Å². The molecule has 2 aliphatic heterocycles. The molecule has 2 heterocycles. The molecule has 0 radical (unpaired) electrons. The summed E-state index contributed by atoms with van der Waals surface area (Å²) in [4.78, 5) is 20.2. The van der Waals surface area contributed by atoms with Gasteiger partial charge in [0.1, 0.15) is 18.8 Å². The lowest BCUT2D eigenvalue weighted by Gasteiger charge is -2.38. The summed E-state index contributed by atoms with van der Waals surface area (Å²) in [5, 5.41) is 2.80. The molecule has 1 aliphatic carbocycles. The molecular formula is C38H41NO5Si. The number of benzene rings is 4. The van der Waals surface area contributed by atoms with Crippen LogP contribution in [0.3, 0.4) is 0 Å². The number of fused-ring (bicyclic) bond motifs is 3. The van der Waals surface area contributed by atoms with Crippen LogP contribution < -0.4 is 5.19 Å². The summed E-state index contributed by atoms with van der Waals surface area (Å²) in [7, 11) is -2.03. The predicted octanol–water partition coefficient (Wildman–Crippen LogP) is 7.28. The minimum atomic E-state index is -2.03. The zero-order chi connectivity index (χ0) is 31.1. The Morgan fingerprint density at radius 3 is 1.71 bits per heavy atom. The Morgan fingerprint density at radius 2 is 1.16 bits per heavy atom. The second kappa shape index (κ2) is 14.4. The monoisotopic (exact) mass is 619 g/mol. The summed E-state index contributed by atoms with van der Waals surface area (Å²) in [5.74, 6) is -0.107. The van der Waals surface area contributed by atoms with Crippen LogP contribution in [0.1, 0.15) is 16.7 Å². The van der Waals surface area contributed by atoms with Crippen LogP contribution in [0.4, 0.5) is 4.79 Å². The maximum Gasteiger partial charge on any atom is 0.434 e. The molecule has 232 valence electrons. The Morgan fingerprint density at radius 1 is 0.667 bits per heavy atom. The quantitative estimate of drug-likeness (QED) is 0.131. The van der Waals surface area contributed by atoms with E-state index in [2.05, 4.69) is 73.8 Å². The Kier molecular flexibility index (Phi) is 9.91. The molecule has 0 spiro atoms. The van der Waals surface area contributed by atoms with E-state index < -0.39 is 26.4 Å². The summed E-state index contributed by atoms with van der Waals surface area (Å²) in [5.41, 5.74) is 3.07. The smallest absolute Gasteiger partial charge is 0.434 e. The SMILES string of the molecule is C[Si](C)(C[C@H]1[C@H](OCc2ccccc2)[C@H](OCc2ccccc2)[C@@H]2C=C[C@H]1N(C(=O)OCc1ccccc1)O2)c1ccccc1. The van der Waals surface area contributed by atoms with E-state index in [9.17, 15) is 4.79 Å². The van der Waals surface area contributed by atoms with Crippen molar-refractivity contribution in [3.63, 3.8) is 0 Å². The van der Waals surface area contributed by atoms with Crippen LogP contribution in [-0.4, -0.2) is 43.6 Å². The van der Waals surface area contributed by atoms with Crippen molar-refractivity contribution >= 4 is 19.4 Å².